The predicted molar refractivity (Wildman–Crippen MR) is 81.8 cm³/mol. The maximum absolute atomic E-state index is 14.2. The van der Waals surface area contributed by atoms with E-state index in [1.54, 1.807) is 36.4 Å². The van der Waals surface area contributed by atoms with Crippen molar-refractivity contribution in [3.05, 3.63) is 58.3 Å². The Morgan fingerprint density at radius 3 is 2.48 bits per heavy atom. The number of anilines is 1. The van der Waals surface area contributed by atoms with E-state index in [0.29, 0.717) is 10.6 Å². The molecule has 0 atom stereocenters. The van der Waals surface area contributed by atoms with Crippen molar-refractivity contribution in [2.75, 3.05) is 5.73 Å². The normalized spacial score (nSPS) is 10.8. The zero-order valence-corrected chi connectivity index (χ0v) is 12.1. The Labute approximate surface area is 130 Å². The van der Waals surface area contributed by atoms with Crippen molar-refractivity contribution in [2.45, 2.75) is 0 Å². The van der Waals surface area contributed by atoms with Gasteiger partial charge in [-0.3, -0.25) is 0 Å². The lowest BCUT2D eigenvalue weighted by Crippen LogP contribution is -1.90. The fourth-order valence-corrected chi connectivity index (χ4v) is 2.36. The quantitative estimate of drug-likeness (QED) is 0.719. The van der Waals surface area contributed by atoms with Crippen LogP contribution >= 0.6 is 23.2 Å². The van der Waals surface area contributed by atoms with Gasteiger partial charge in [-0.25, -0.2) is 4.39 Å². The van der Waals surface area contributed by atoms with Crippen LogP contribution in [-0.4, -0.2) is 5.16 Å². The molecule has 0 aliphatic carbocycles. The minimum absolute atomic E-state index is 0.00419. The average molecular weight is 323 g/mol. The van der Waals surface area contributed by atoms with Crippen LogP contribution in [0.25, 0.3) is 22.5 Å². The molecule has 1 aromatic heterocycles. The van der Waals surface area contributed by atoms with Gasteiger partial charge in [0.1, 0.15) is 0 Å². The molecular weight excluding hydrogens is 314 g/mol. The Bertz CT molecular complexity index is 800. The second-order valence-electron chi connectivity index (χ2n) is 4.38. The van der Waals surface area contributed by atoms with E-state index in [4.69, 9.17) is 33.5 Å². The molecule has 0 fully saturated rings. The van der Waals surface area contributed by atoms with Crippen LogP contribution in [0.1, 0.15) is 0 Å². The first-order valence-electron chi connectivity index (χ1n) is 6.03. The molecular formula is C15H9Cl2FN2O. The van der Waals surface area contributed by atoms with Crippen molar-refractivity contribution in [2.24, 2.45) is 0 Å². The van der Waals surface area contributed by atoms with Crippen LogP contribution in [0.5, 0.6) is 0 Å². The lowest BCUT2D eigenvalue weighted by molar-refractivity contribution is 0.433. The SMILES string of the molecule is Nc1noc(-c2cccc(Cl)c2F)c1-c1ccc(Cl)cc1. The molecule has 106 valence electrons. The summed E-state index contributed by atoms with van der Waals surface area (Å²) in [5, 5.41) is 4.31. The number of nitrogens with two attached hydrogens (primary N) is 1. The molecule has 0 unspecified atom stereocenters. The third kappa shape index (κ3) is 2.48. The van der Waals surface area contributed by atoms with Gasteiger partial charge in [0.05, 0.1) is 16.1 Å². The Balaban J connectivity index is 2.22. The molecule has 0 aliphatic rings. The molecule has 0 saturated heterocycles. The highest BCUT2D eigenvalue weighted by Crippen LogP contribution is 2.39. The van der Waals surface area contributed by atoms with Gasteiger partial charge in [0, 0.05) is 5.02 Å². The van der Waals surface area contributed by atoms with Gasteiger partial charge >= 0.3 is 0 Å². The van der Waals surface area contributed by atoms with Crippen molar-refractivity contribution in [3.8, 4) is 22.5 Å². The Kier molecular flexibility index (Phi) is 3.57. The van der Waals surface area contributed by atoms with E-state index in [-0.39, 0.29) is 22.2 Å². The fraction of sp³-hybridized carbons (Fsp3) is 0. The number of nitrogens with zero attached hydrogens (tertiary/aromatic N) is 1. The molecule has 2 N–H and O–H groups in total. The molecule has 1 heterocycles. The second kappa shape index (κ2) is 5.39. The molecule has 6 heteroatoms. The number of rotatable bonds is 2. The number of aromatic nitrogens is 1. The van der Waals surface area contributed by atoms with Gasteiger partial charge in [-0.2, -0.15) is 0 Å². The van der Waals surface area contributed by atoms with E-state index < -0.39 is 5.82 Å². The Morgan fingerprint density at radius 1 is 1.05 bits per heavy atom. The third-order valence-electron chi connectivity index (χ3n) is 3.05. The van der Waals surface area contributed by atoms with Crippen LogP contribution in [-0.2, 0) is 0 Å². The number of nitrogen functional groups attached to an aromatic ring is 1. The van der Waals surface area contributed by atoms with Crippen LogP contribution in [0.3, 0.4) is 0 Å². The highest BCUT2D eigenvalue weighted by molar-refractivity contribution is 6.31. The summed E-state index contributed by atoms with van der Waals surface area (Å²) in [7, 11) is 0. The Hall–Kier alpha value is -2.04. The second-order valence-corrected chi connectivity index (χ2v) is 5.22. The lowest BCUT2D eigenvalue weighted by Gasteiger charge is -2.05. The average Bonchev–Trinajstić information content (AvgIpc) is 2.85. The van der Waals surface area contributed by atoms with E-state index in [1.807, 2.05) is 0 Å². The van der Waals surface area contributed by atoms with Crippen LogP contribution in [0.4, 0.5) is 10.2 Å². The maximum Gasteiger partial charge on any atom is 0.179 e. The number of hydrogen-bond donors (Lipinski definition) is 1. The van der Waals surface area contributed by atoms with Crippen molar-refractivity contribution in [1.82, 2.24) is 5.16 Å². The summed E-state index contributed by atoms with van der Waals surface area (Å²) in [6.45, 7) is 0. The molecule has 0 radical (unpaired) electrons. The van der Waals surface area contributed by atoms with Gasteiger partial charge in [0.15, 0.2) is 17.4 Å². The molecule has 0 spiro atoms. The molecule has 0 bridgehead atoms. The summed E-state index contributed by atoms with van der Waals surface area (Å²) >= 11 is 11.7. The summed E-state index contributed by atoms with van der Waals surface area (Å²) in [6.07, 6.45) is 0. The predicted octanol–water partition coefficient (Wildman–Crippen LogP) is 5.04. The molecule has 0 amide bonds. The molecule has 0 saturated carbocycles. The molecule has 3 rings (SSSR count). The van der Waals surface area contributed by atoms with Crippen molar-refractivity contribution < 1.29 is 8.91 Å². The van der Waals surface area contributed by atoms with Gasteiger partial charge < -0.3 is 10.3 Å². The third-order valence-corrected chi connectivity index (χ3v) is 3.59. The molecule has 3 nitrogen and oxygen atoms in total. The van der Waals surface area contributed by atoms with Crippen molar-refractivity contribution in [3.63, 3.8) is 0 Å². The number of halogens is 3. The molecule has 21 heavy (non-hydrogen) atoms. The Morgan fingerprint density at radius 2 is 1.76 bits per heavy atom. The summed E-state index contributed by atoms with van der Waals surface area (Å²) in [5.74, 6) is -0.174. The van der Waals surface area contributed by atoms with Crippen LogP contribution < -0.4 is 5.73 Å². The lowest BCUT2D eigenvalue weighted by atomic mass is 10.0. The topological polar surface area (TPSA) is 52.0 Å². The zero-order valence-electron chi connectivity index (χ0n) is 10.6. The molecule has 3 aromatic rings. The largest absolute Gasteiger partial charge is 0.380 e. The fourth-order valence-electron chi connectivity index (χ4n) is 2.06. The van der Waals surface area contributed by atoms with Crippen LogP contribution in [0.15, 0.2) is 47.0 Å². The maximum atomic E-state index is 14.2. The van der Waals surface area contributed by atoms with Crippen LogP contribution in [0.2, 0.25) is 10.0 Å². The van der Waals surface area contributed by atoms with E-state index >= 15 is 0 Å². The van der Waals surface area contributed by atoms with Crippen molar-refractivity contribution >= 4 is 29.0 Å². The first-order valence-corrected chi connectivity index (χ1v) is 6.79. The first kappa shape index (κ1) is 13.9. The number of benzene rings is 2. The highest BCUT2D eigenvalue weighted by atomic mass is 35.5. The highest BCUT2D eigenvalue weighted by Gasteiger charge is 2.21. The molecule has 0 aliphatic heterocycles. The monoisotopic (exact) mass is 322 g/mol. The first-order chi connectivity index (χ1) is 10.1. The summed E-state index contributed by atoms with van der Waals surface area (Å²) in [5.41, 5.74) is 7.29. The minimum Gasteiger partial charge on any atom is -0.380 e. The van der Waals surface area contributed by atoms with E-state index in [1.165, 1.54) is 6.07 Å². The summed E-state index contributed by atoms with van der Waals surface area (Å²) in [6, 6.07) is 11.6. The number of hydrogen-bond acceptors (Lipinski definition) is 3. The molecule has 2 aromatic carbocycles. The van der Waals surface area contributed by atoms with E-state index in [0.717, 1.165) is 5.56 Å². The van der Waals surface area contributed by atoms with Crippen LogP contribution in [0, 0.1) is 5.82 Å². The van der Waals surface area contributed by atoms with Gasteiger partial charge in [-0.15, -0.1) is 0 Å². The van der Waals surface area contributed by atoms with Gasteiger partial charge in [-0.05, 0) is 29.8 Å². The van der Waals surface area contributed by atoms with E-state index in [2.05, 4.69) is 5.16 Å². The zero-order chi connectivity index (χ0) is 15.0. The summed E-state index contributed by atoms with van der Waals surface area (Å²) < 4.78 is 19.4. The van der Waals surface area contributed by atoms with E-state index in [9.17, 15) is 4.39 Å². The minimum atomic E-state index is -0.578. The van der Waals surface area contributed by atoms with Gasteiger partial charge in [-0.1, -0.05) is 46.6 Å². The van der Waals surface area contributed by atoms with Gasteiger partial charge in [0.2, 0.25) is 0 Å². The summed E-state index contributed by atoms with van der Waals surface area (Å²) in [4.78, 5) is 0. The van der Waals surface area contributed by atoms with Gasteiger partial charge in [0.25, 0.3) is 0 Å². The smallest absolute Gasteiger partial charge is 0.179 e. The van der Waals surface area contributed by atoms with Crippen molar-refractivity contribution in [1.29, 1.82) is 0 Å². The standard InChI is InChI=1S/C15H9Cl2FN2O/c16-9-6-4-8(5-7-9)12-14(21-20-15(12)19)10-2-1-3-11(17)13(10)18/h1-7H,(H2,19,20).